The monoisotopic (exact) mass is 251 g/mol. The van der Waals surface area contributed by atoms with Crippen molar-refractivity contribution in [1.29, 1.82) is 0 Å². The Bertz CT molecular complexity index is 386. The predicted molar refractivity (Wildman–Crippen MR) is 76.3 cm³/mol. The number of ether oxygens (including phenoxy) is 1. The van der Waals surface area contributed by atoms with Crippen molar-refractivity contribution in [2.45, 2.75) is 43.9 Å². The van der Waals surface area contributed by atoms with Gasteiger partial charge in [-0.2, -0.15) is 0 Å². The van der Waals surface area contributed by atoms with E-state index in [0.717, 1.165) is 5.75 Å². The molecule has 1 aliphatic heterocycles. The van der Waals surface area contributed by atoms with Crippen LogP contribution < -0.4 is 4.74 Å². The van der Waals surface area contributed by atoms with Crippen molar-refractivity contribution in [2.75, 3.05) is 18.6 Å². The molecule has 0 unspecified atom stereocenters. The topological polar surface area (TPSA) is 9.23 Å². The number of methoxy groups -OCH3 is 1. The van der Waals surface area contributed by atoms with E-state index in [0.29, 0.717) is 10.9 Å². The maximum absolute atomic E-state index is 5.58. The Labute approximate surface area is 108 Å². The number of rotatable bonds is 2. The van der Waals surface area contributed by atoms with Crippen LogP contribution in [0, 0.1) is 0 Å². The molecular weight excluding hydrogens is 228 g/mol. The first-order valence-corrected chi connectivity index (χ1v) is 7.94. The number of benzene rings is 1. The van der Waals surface area contributed by atoms with E-state index in [-0.39, 0.29) is 5.41 Å². The lowest BCUT2D eigenvalue weighted by Crippen LogP contribution is -2.14. The smallest absolute Gasteiger partial charge is 0.158 e. The van der Waals surface area contributed by atoms with Gasteiger partial charge in [-0.05, 0) is 36.0 Å². The lowest BCUT2D eigenvalue weighted by Gasteiger charge is -2.22. The van der Waals surface area contributed by atoms with Gasteiger partial charge >= 0.3 is 0 Å². The summed E-state index contributed by atoms with van der Waals surface area (Å²) in [5.74, 6) is 3.81. The summed E-state index contributed by atoms with van der Waals surface area (Å²) in [4.78, 5) is 1.49. The van der Waals surface area contributed by atoms with Gasteiger partial charge in [-0.25, -0.2) is 0 Å². The molecule has 0 atom stereocenters. The number of hydrogen-bond donors (Lipinski definition) is 0. The lowest BCUT2D eigenvalue weighted by atomic mass is 9.86. The summed E-state index contributed by atoms with van der Waals surface area (Å²) in [6.45, 7) is 6.72. The zero-order valence-corrected chi connectivity index (χ0v) is 12.2. The minimum absolute atomic E-state index is 0.155. The van der Waals surface area contributed by atoms with Crippen LogP contribution in [0.1, 0.15) is 39.2 Å². The molecule has 94 valence electrons. The standard InChI is InChI=1S/C15H23OS/c1-15(2,3)13-8-7-12(11-14(13)16-4)17-9-5-6-10-17/h7-8,11H,5-6,9-10H2,1-4H3/q+1. The third kappa shape index (κ3) is 2.79. The van der Waals surface area contributed by atoms with E-state index in [1.165, 1.54) is 34.8 Å². The first-order valence-electron chi connectivity index (χ1n) is 6.38. The number of hydrogen-bond acceptors (Lipinski definition) is 1. The second kappa shape index (κ2) is 4.93. The molecule has 2 heteroatoms. The van der Waals surface area contributed by atoms with Crippen LogP contribution in [-0.4, -0.2) is 18.6 Å². The molecule has 0 radical (unpaired) electrons. The van der Waals surface area contributed by atoms with Crippen LogP contribution in [0.2, 0.25) is 0 Å². The zero-order valence-electron chi connectivity index (χ0n) is 11.4. The van der Waals surface area contributed by atoms with Crippen LogP contribution in [0.3, 0.4) is 0 Å². The molecule has 0 aliphatic carbocycles. The molecule has 1 saturated heterocycles. The first kappa shape index (κ1) is 12.8. The normalized spacial score (nSPS) is 17.4. The molecule has 1 heterocycles. The van der Waals surface area contributed by atoms with E-state index in [2.05, 4.69) is 39.0 Å². The van der Waals surface area contributed by atoms with Gasteiger partial charge in [-0.1, -0.05) is 20.8 Å². The Balaban J connectivity index is 2.33. The van der Waals surface area contributed by atoms with Gasteiger partial charge in [0.15, 0.2) is 4.90 Å². The quantitative estimate of drug-likeness (QED) is 0.727. The Morgan fingerprint density at radius 3 is 2.29 bits per heavy atom. The Morgan fingerprint density at radius 2 is 1.76 bits per heavy atom. The van der Waals surface area contributed by atoms with Gasteiger partial charge in [0.25, 0.3) is 0 Å². The summed E-state index contributed by atoms with van der Waals surface area (Å²) >= 11 is 0. The van der Waals surface area contributed by atoms with Gasteiger partial charge in [0.05, 0.1) is 7.11 Å². The molecule has 0 aromatic heterocycles. The molecule has 1 nitrogen and oxygen atoms in total. The summed E-state index contributed by atoms with van der Waals surface area (Å²) < 4.78 is 5.58. The predicted octanol–water partition coefficient (Wildman–Crippen LogP) is 3.76. The van der Waals surface area contributed by atoms with E-state index in [1.807, 2.05) is 0 Å². The van der Waals surface area contributed by atoms with Crippen LogP contribution in [-0.2, 0) is 16.3 Å². The van der Waals surface area contributed by atoms with Crippen molar-refractivity contribution in [3.8, 4) is 5.75 Å². The van der Waals surface area contributed by atoms with E-state index in [9.17, 15) is 0 Å². The van der Waals surface area contributed by atoms with Gasteiger partial charge in [0, 0.05) is 17.0 Å². The Morgan fingerprint density at radius 1 is 1.12 bits per heavy atom. The van der Waals surface area contributed by atoms with Crippen LogP contribution in [0.4, 0.5) is 0 Å². The van der Waals surface area contributed by atoms with Crippen molar-refractivity contribution >= 4 is 10.9 Å². The molecule has 1 aromatic carbocycles. The van der Waals surface area contributed by atoms with E-state index in [1.54, 1.807) is 7.11 Å². The summed E-state index contributed by atoms with van der Waals surface area (Å²) in [5, 5.41) is 0. The van der Waals surface area contributed by atoms with E-state index in [4.69, 9.17) is 4.74 Å². The van der Waals surface area contributed by atoms with Crippen molar-refractivity contribution in [3.63, 3.8) is 0 Å². The summed E-state index contributed by atoms with van der Waals surface area (Å²) in [7, 11) is 2.27. The fourth-order valence-electron chi connectivity index (χ4n) is 2.36. The van der Waals surface area contributed by atoms with Crippen LogP contribution in [0.25, 0.3) is 0 Å². The zero-order chi connectivity index (χ0) is 12.5. The summed E-state index contributed by atoms with van der Waals surface area (Å²) in [6, 6.07) is 6.85. The van der Waals surface area contributed by atoms with Gasteiger partial charge in [-0.15, -0.1) is 0 Å². The third-order valence-electron chi connectivity index (χ3n) is 3.35. The summed E-state index contributed by atoms with van der Waals surface area (Å²) in [5.41, 5.74) is 1.47. The van der Waals surface area contributed by atoms with Crippen molar-refractivity contribution in [3.05, 3.63) is 23.8 Å². The maximum atomic E-state index is 5.58. The average Bonchev–Trinajstić information content (AvgIpc) is 2.80. The average molecular weight is 251 g/mol. The molecule has 17 heavy (non-hydrogen) atoms. The molecule has 2 rings (SSSR count). The van der Waals surface area contributed by atoms with Gasteiger partial charge in [-0.3, -0.25) is 0 Å². The highest BCUT2D eigenvalue weighted by Crippen LogP contribution is 2.34. The van der Waals surface area contributed by atoms with Crippen LogP contribution >= 0.6 is 0 Å². The molecule has 0 bridgehead atoms. The first-order chi connectivity index (χ1) is 8.02. The largest absolute Gasteiger partial charge is 0.496 e. The van der Waals surface area contributed by atoms with Crippen molar-refractivity contribution < 1.29 is 4.74 Å². The fraction of sp³-hybridized carbons (Fsp3) is 0.600. The van der Waals surface area contributed by atoms with Crippen molar-refractivity contribution in [1.82, 2.24) is 0 Å². The molecule has 0 N–H and O–H groups in total. The third-order valence-corrected chi connectivity index (χ3v) is 5.83. The second-order valence-corrected chi connectivity index (χ2v) is 7.99. The Hall–Kier alpha value is -0.630. The molecule has 1 aliphatic rings. The van der Waals surface area contributed by atoms with E-state index >= 15 is 0 Å². The van der Waals surface area contributed by atoms with Gasteiger partial charge in [0.1, 0.15) is 17.3 Å². The molecular formula is C15H23OS+. The fourth-order valence-corrected chi connectivity index (χ4v) is 4.68. The Kier molecular flexibility index (Phi) is 3.72. The van der Waals surface area contributed by atoms with Crippen molar-refractivity contribution in [2.24, 2.45) is 0 Å². The molecule has 0 spiro atoms. The lowest BCUT2D eigenvalue weighted by molar-refractivity contribution is 0.396. The molecule has 0 saturated carbocycles. The highest BCUT2D eigenvalue weighted by atomic mass is 32.2. The SMILES string of the molecule is COc1cc([S+]2CCCC2)ccc1C(C)(C)C. The van der Waals surface area contributed by atoms with Gasteiger partial charge in [0.2, 0.25) is 0 Å². The highest BCUT2D eigenvalue weighted by Gasteiger charge is 2.29. The summed E-state index contributed by atoms with van der Waals surface area (Å²) in [6.07, 6.45) is 2.79. The van der Waals surface area contributed by atoms with Crippen LogP contribution in [0.5, 0.6) is 5.75 Å². The van der Waals surface area contributed by atoms with Gasteiger partial charge < -0.3 is 4.74 Å². The maximum Gasteiger partial charge on any atom is 0.158 e. The highest BCUT2D eigenvalue weighted by molar-refractivity contribution is 7.97. The minimum atomic E-state index is 0.155. The molecule has 1 fully saturated rings. The molecule has 0 amide bonds. The minimum Gasteiger partial charge on any atom is -0.496 e. The second-order valence-electron chi connectivity index (χ2n) is 5.72. The van der Waals surface area contributed by atoms with E-state index < -0.39 is 0 Å². The molecule has 1 aromatic rings. The van der Waals surface area contributed by atoms with Crippen LogP contribution in [0.15, 0.2) is 23.1 Å².